The zero-order valence-corrected chi connectivity index (χ0v) is 18.5. The molecule has 3 rings (SSSR count). The molecule has 2 aromatic rings. The smallest absolute Gasteiger partial charge is 0.200 e. The first-order chi connectivity index (χ1) is 14.9. The monoisotopic (exact) mass is 444 g/mol. The molecule has 0 atom stereocenters. The van der Waals surface area contributed by atoms with Crippen molar-refractivity contribution >= 4 is 29.7 Å². The quantitative estimate of drug-likeness (QED) is 0.648. The molecule has 1 fully saturated rings. The van der Waals surface area contributed by atoms with Crippen LogP contribution >= 0.6 is 11.8 Å². The number of carbonyl (C=O) groups excluding carboxylic acids is 1. The lowest BCUT2D eigenvalue weighted by Gasteiger charge is -2.17. The van der Waals surface area contributed by atoms with Gasteiger partial charge in [-0.3, -0.25) is 4.79 Å². The molecule has 0 amide bonds. The Balaban J connectivity index is 1.97. The van der Waals surface area contributed by atoms with Crippen LogP contribution in [0.5, 0.6) is 34.5 Å². The fraction of sp³-hybridized carbons (Fsp3) is 0.261. The van der Waals surface area contributed by atoms with Gasteiger partial charge in [0.05, 0.1) is 28.4 Å². The number of ketones is 1. The van der Waals surface area contributed by atoms with Gasteiger partial charge in [0, 0.05) is 22.7 Å². The molecule has 0 bridgehead atoms. The van der Waals surface area contributed by atoms with E-state index < -0.39 is 0 Å². The molecule has 0 spiro atoms. The van der Waals surface area contributed by atoms with Crippen LogP contribution in [0.25, 0.3) is 12.2 Å². The number of phenolic OH excluding ortho intramolecular Hbond substituents is 2. The van der Waals surface area contributed by atoms with Gasteiger partial charge in [0.2, 0.25) is 11.5 Å². The van der Waals surface area contributed by atoms with Crippen LogP contribution in [0.4, 0.5) is 0 Å². The van der Waals surface area contributed by atoms with E-state index in [-0.39, 0.29) is 40.3 Å². The molecule has 1 heterocycles. The molecule has 0 aliphatic carbocycles. The van der Waals surface area contributed by atoms with E-state index >= 15 is 0 Å². The van der Waals surface area contributed by atoms with Crippen LogP contribution in [0.15, 0.2) is 35.4 Å². The van der Waals surface area contributed by atoms with Crippen molar-refractivity contribution in [1.82, 2.24) is 0 Å². The van der Waals surface area contributed by atoms with Gasteiger partial charge in [0.25, 0.3) is 0 Å². The van der Waals surface area contributed by atoms with Crippen LogP contribution < -0.4 is 18.9 Å². The number of Topliss-reactive ketones (excluding diaryl/α,β-unsaturated/α-hetero) is 1. The zero-order chi connectivity index (χ0) is 22.5. The highest BCUT2D eigenvalue weighted by atomic mass is 32.2. The fourth-order valence-corrected chi connectivity index (χ4v) is 4.19. The Hall–Kier alpha value is -3.26. The molecule has 0 saturated carbocycles. The van der Waals surface area contributed by atoms with Gasteiger partial charge in [-0.15, -0.1) is 0 Å². The Morgan fingerprint density at radius 3 is 1.32 bits per heavy atom. The maximum Gasteiger partial charge on any atom is 0.200 e. The summed E-state index contributed by atoms with van der Waals surface area (Å²) >= 11 is 1.62. The van der Waals surface area contributed by atoms with E-state index in [0.717, 1.165) is 0 Å². The minimum Gasteiger partial charge on any atom is -0.502 e. The van der Waals surface area contributed by atoms with Crippen LogP contribution in [-0.2, 0) is 4.79 Å². The van der Waals surface area contributed by atoms with Crippen molar-refractivity contribution in [3.63, 3.8) is 0 Å². The standard InChI is InChI=1S/C23H24O7S/c1-27-17-7-13(8-18(28-2)22(17)25)5-15-11-31-12-16(21(15)24)6-14-9-19(29-3)23(26)20(10-14)30-4/h5-10,25-26H,11-12H2,1-4H3/b15-5+,16-6+. The Kier molecular flexibility index (Phi) is 7.02. The maximum absolute atomic E-state index is 13.1. The second kappa shape index (κ2) is 9.70. The predicted molar refractivity (Wildman–Crippen MR) is 121 cm³/mol. The summed E-state index contributed by atoms with van der Waals surface area (Å²) in [5.41, 5.74) is 2.61. The van der Waals surface area contributed by atoms with E-state index in [1.54, 1.807) is 48.2 Å². The molecule has 0 aromatic heterocycles. The number of hydrogen-bond donors (Lipinski definition) is 2. The Morgan fingerprint density at radius 2 is 1.03 bits per heavy atom. The lowest BCUT2D eigenvalue weighted by atomic mass is 10.00. The van der Waals surface area contributed by atoms with E-state index in [1.807, 2.05) is 0 Å². The molecule has 0 radical (unpaired) electrons. The number of carbonyl (C=O) groups is 1. The molecular formula is C23H24O7S. The second-order valence-corrected chi connectivity index (χ2v) is 7.69. The SMILES string of the molecule is COc1cc(/C=C2\CSC/C(=C\c3cc(OC)c(O)c(OC)c3)C2=O)cc(OC)c1O. The summed E-state index contributed by atoms with van der Waals surface area (Å²) in [6, 6.07) is 6.60. The van der Waals surface area contributed by atoms with Gasteiger partial charge >= 0.3 is 0 Å². The molecule has 31 heavy (non-hydrogen) atoms. The van der Waals surface area contributed by atoms with Crippen molar-refractivity contribution in [2.75, 3.05) is 39.9 Å². The molecule has 2 N–H and O–H groups in total. The Morgan fingerprint density at radius 1 is 0.710 bits per heavy atom. The van der Waals surface area contributed by atoms with Crippen LogP contribution in [0.3, 0.4) is 0 Å². The molecule has 164 valence electrons. The first kappa shape index (κ1) is 22.4. The third-order valence-electron chi connectivity index (χ3n) is 4.78. The number of aromatic hydroxyl groups is 2. The highest BCUT2D eigenvalue weighted by Crippen LogP contribution is 2.39. The summed E-state index contributed by atoms with van der Waals surface area (Å²) in [7, 11) is 5.81. The number of rotatable bonds is 6. The molecular weight excluding hydrogens is 420 g/mol. The van der Waals surface area contributed by atoms with Gasteiger partial charge in [-0.05, 0) is 47.5 Å². The van der Waals surface area contributed by atoms with Gasteiger partial charge < -0.3 is 29.2 Å². The fourth-order valence-electron chi connectivity index (χ4n) is 3.22. The van der Waals surface area contributed by atoms with E-state index in [1.165, 1.54) is 28.4 Å². The van der Waals surface area contributed by atoms with Gasteiger partial charge in [0.1, 0.15) is 0 Å². The van der Waals surface area contributed by atoms with Crippen LogP contribution in [0, 0.1) is 0 Å². The Bertz CT molecular complexity index is 924. The molecule has 0 unspecified atom stereocenters. The summed E-state index contributed by atoms with van der Waals surface area (Å²) in [6.45, 7) is 0. The third-order valence-corrected chi connectivity index (χ3v) is 5.81. The number of hydrogen-bond acceptors (Lipinski definition) is 8. The minimum atomic E-state index is -0.0905. The summed E-state index contributed by atoms with van der Waals surface area (Å²) in [5.74, 6) is 1.92. The number of ether oxygens (including phenoxy) is 4. The summed E-state index contributed by atoms with van der Waals surface area (Å²) in [5, 5.41) is 20.2. The van der Waals surface area contributed by atoms with Crippen molar-refractivity contribution in [3.05, 3.63) is 46.5 Å². The number of methoxy groups -OCH3 is 4. The normalized spacial score (nSPS) is 16.5. The molecule has 7 nitrogen and oxygen atoms in total. The maximum atomic E-state index is 13.1. The van der Waals surface area contributed by atoms with Crippen molar-refractivity contribution in [2.45, 2.75) is 0 Å². The highest BCUT2D eigenvalue weighted by Gasteiger charge is 2.22. The van der Waals surface area contributed by atoms with Gasteiger partial charge in [-0.2, -0.15) is 11.8 Å². The molecule has 1 aliphatic heterocycles. The zero-order valence-electron chi connectivity index (χ0n) is 17.7. The number of benzene rings is 2. The molecule has 1 saturated heterocycles. The average Bonchev–Trinajstić information content (AvgIpc) is 2.78. The van der Waals surface area contributed by atoms with Crippen LogP contribution in [0.2, 0.25) is 0 Å². The highest BCUT2D eigenvalue weighted by molar-refractivity contribution is 7.99. The number of phenols is 2. The van der Waals surface area contributed by atoms with E-state index in [0.29, 0.717) is 33.8 Å². The van der Waals surface area contributed by atoms with Gasteiger partial charge in [-0.25, -0.2) is 0 Å². The molecule has 8 heteroatoms. The van der Waals surface area contributed by atoms with Crippen molar-refractivity contribution in [3.8, 4) is 34.5 Å². The van der Waals surface area contributed by atoms with E-state index in [4.69, 9.17) is 18.9 Å². The van der Waals surface area contributed by atoms with E-state index in [2.05, 4.69) is 0 Å². The second-order valence-electron chi connectivity index (χ2n) is 6.71. The van der Waals surface area contributed by atoms with Gasteiger partial charge in [-0.1, -0.05) is 0 Å². The minimum absolute atomic E-state index is 0.0734. The lowest BCUT2D eigenvalue weighted by Crippen LogP contribution is -2.16. The topological polar surface area (TPSA) is 94.5 Å². The third kappa shape index (κ3) is 4.74. The first-order valence-electron chi connectivity index (χ1n) is 9.35. The first-order valence-corrected chi connectivity index (χ1v) is 10.5. The van der Waals surface area contributed by atoms with Crippen LogP contribution in [-0.4, -0.2) is 55.9 Å². The van der Waals surface area contributed by atoms with E-state index in [9.17, 15) is 15.0 Å². The summed E-state index contributed by atoms with van der Waals surface area (Å²) in [6.07, 6.45) is 3.54. The summed E-state index contributed by atoms with van der Waals surface area (Å²) in [4.78, 5) is 13.1. The summed E-state index contributed by atoms with van der Waals surface area (Å²) < 4.78 is 20.8. The van der Waals surface area contributed by atoms with Gasteiger partial charge in [0.15, 0.2) is 28.8 Å². The molecule has 2 aromatic carbocycles. The van der Waals surface area contributed by atoms with Crippen molar-refractivity contribution < 1.29 is 34.0 Å². The number of thioether (sulfide) groups is 1. The van der Waals surface area contributed by atoms with Crippen molar-refractivity contribution in [2.24, 2.45) is 0 Å². The largest absolute Gasteiger partial charge is 0.502 e. The predicted octanol–water partition coefficient (Wildman–Crippen LogP) is 3.92. The van der Waals surface area contributed by atoms with Crippen LogP contribution in [0.1, 0.15) is 11.1 Å². The Labute approximate surface area is 184 Å². The lowest BCUT2D eigenvalue weighted by molar-refractivity contribution is -0.112. The average molecular weight is 445 g/mol. The van der Waals surface area contributed by atoms with Crippen molar-refractivity contribution in [1.29, 1.82) is 0 Å². The molecule has 1 aliphatic rings.